The van der Waals surface area contributed by atoms with Crippen molar-refractivity contribution in [3.63, 3.8) is 0 Å². The van der Waals surface area contributed by atoms with E-state index in [4.69, 9.17) is 42.6 Å². The molecule has 1 aliphatic heterocycles. The van der Waals surface area contributed by atoms with Gasteiger partial charge in [-0.3, -0.25) is 9.97 Å². The van der Waals surface area contributed by atoms with Crippen LogP contribution in [-0.4, -0.2) is 89.3 Å². The third-order valence-electron chi connectivity index (χ3n) is 6.83. The first-order chi connectivity index (χ1) is 23.3. The van der Waals surface area contributed by atoms with Gasteiger partial charge >= 0.3 is 0 Å². The maximum Gasteiger partial charge on any atom is 0.161 e. The first kappa shape index (κ1) is 34.1. The van der Waals surface area contributed by atoms with Crippen LogP contribution in [0.15, 0.2) is 85.2 Å². The van der Waals surface area contributed by atoms with Crippen molar-refractivity contribution >= 4 is 0 Å². The van der Waals surface area contributed by atoms with Gasteiger partial charge in [0.15, 0.2) is 23.0 Å². The molecule has 0 amide bonds. The molecule has 0 unspecified atom stereocenters. The lowest BCUT2D eigenvalue weighted by molar-refractivity contribution is 0.0223. The second-order valence-corrected chi connectivity index (χ2v) is 10.3. The molecular weight excluding hydrogens is 604 g/mol. The Balaban J connectivity index is 1.09. The Morgan fingerprint density at radius 1 is 0.447 bits per heavy atom. The summed E-state index contributed by atoms with van der Waals surface area (Å²) in [5.41, 5.74) is 3.59. The minimum atomic E-state index is 0.350. The van der Waals surface area contributed by atoms with Crippen LogP contribution >= 0.6 is 0 Å². The van der Waals surface area contributed by atoms with Gasteiger partial charge in [-0.2, -0.15) is 0 Å². The number of rotatable bonds is 5. The lowest BCUT2D eigenvalue weighted by Crippen LogP contribution is -2.15. The molecule has 1 aliphatic rings. The van der Waals surface area contributed by atoms with Gasteiger partial charge in [0.1, 0.15) is 26.4 Å². The molecule has 0 atom stereocenters. The van der Waals surface area contributed by atoms with Crippen LogP contribution in [0.2, 0.25) is 0 Å². The SMILES string of the molecule is c1ccc(-c2ccc(COCc3ccc4c(c3)OCCOCCOCCOc3ccccc3OCCOCCOCCO4)cn2)nc1. The van der Waals surface area contributed by atoms with Crippen molar-refractivity contribution in [2.75, 3.05) is 79.3 Å². The maximum absolute atomic E-state index is 6.06. The average molecular weight is 647 g/mol. The predicted molar refractivity (Wildman–Crippen MR) is 174 cm³/mol. The molecule has 0 radical (unpaired) electrons. The molecule has 5 rings (SSSR count). The highest BCUT2D eigenvalue weighted by Crippen LogP contribution is 2.29. The third kappa shape index (κ3) is 12.1. The van der Waals surface area contributed by atoms with Gasteiger partial charge in [-0.1, -0.05) is 30.3 Å². The predicted octanol–water partition coefficient (Wildman–Crippen LogP) is 5.16. The molecule has 4 aromatic rings. The largest absolute Gasteiger partial charge is 0.487 e. The Hall–Kier alpha value is -4.26. The highest BCUT2D eigenvalue weighted by molar-refractivity contribution is 5.53. The van der Waals surface area contributed by atoms with Crippen LogP contribution in [0.5, 0.6) is 23.0 Å². The summed E-state index contributed by atoms with van der Waals surface area (Å²) in [5, 5.41) is 0. The number of para-hydroxylation sites is 2. The van der Waals surface area contributed by atoms with E-state index < -0.39 is 0 Å². The number of hydrogen-bond acceptors (Lipinski definition) is 11. The summed E-state index contributed by atoms with van der Waals surface area (Å²) in [4.78, 5) is 8.87. The fraction of sp³-hybridized carbons (Fsp3) is 0.389. The van der Waals surface area contributed by atoms with Crippen LogP contribution in [0.25, 0.3) is 11.4 Å². The summed E-state index contributed by atoms with van der Waals surface area (Å²) < 4.78 is 52.4. The second-order valence-electron chi connectivity index (χ2n) is 10.3. The van der Waals surface area contributed by atoms with Crippen LogP contribution in [0.4, 0.5) is 0 Å². The van der Waals surface area contributed by atoms with Gasteiger partial charge in [0.05, 0.1) is 77.5 Å². The van der Waals surface area contributed by atoms with Gasteiger partial charge in [-0.05, 0) is 53.6 Å². The highest BCUT2D eigenvalue weighted by Gasteiger charge is 2.09. The summed E-state index contributed by atoms with van der Waals surface area (Å²) >= 11 is 0. The summed E-state index contributed by atoms with van der Waals surface area (Å²) in [7, 11) is 0. The molecule has 0 spiro atoms. The molecule has 0 fully saturated rings. The molecule has 11 nitrogen and oxygen atoms in total. The number of benzene rings is 2. The van der Waals surface area contributed by atoms with Gasteiger partial charge in [-0.15, -0.1) is 0 Å². The Morgan fingerprint density at radius 3 is 1.49 bits per heavy atom. The van der Waals surface area contributed by atoms with Gasteiger partial charge < -0.3 is 42.6 Å². The minimum Gasteiger partial charge on any atom is -0.487 e. The van der Waals surface area contributed by atoms with Crippen LogP contribution in [0, 0.1) is 0 Å². The van der Waals surface area contributed by atoms with Crippen molar-refractivity contribution in [2.24, 2.45) is 0 Å². The topological polar surface area (TPSA) is 109 Å². The van der Waals surface area contributed by atoms with E-state index in [2.05, 4.69) is 9.97 Å². The third-order valence-corrected chi connectivity index (χ3v) is 6.83. The van der Waals surface area contributed by atoms with Crippen LogP contribution in [0.3, 0.4) is 0 Å². The van der Waals surface area contributed by atoms with Crippen molar-refractivity contribution in [3.8, 4) is 34.4 Å². The Morgan fingerprint density at radius 2 is 0.936 bits per heavy atom. The molecule has 0 bridgehead atoms. The van der Waals surface area contributed by atoms with E-state index in [1.807, 2.05) is 79.0 Å². The van der Waals surface area contributed by atoms with Gasteiger partial charge in [-0.25, -0.2) is 0 Å². The van der Waals surface area contributed by atoms with Crippen molar-refractivity contribution in [2.45, 2.75) is 13.2 Å². The van der Waals surface area contributed by atoms with Gasteiger partial charge in [0, 0.05) is 12.4 Å². The Bertz CT molecular complexity index is 1440. The van der Waals surface area contributed by atoms with Crippen molar-refractivity contribution < 1.29 is 42.6 Å². The molecule has 11 heteroatoms. The van der Waals surface area contributed by atoms with E-state index >= 15 is 0 Å². The lowest BCUT2D eigenvalue weighted by atomic mass is 10.2. The number of nitrogens with zero attached hydrogens (tertiary/aromatic N) is 2. The number of pyridine rings is 2. The number of fused-ring (bicyclic) bond motifs is 2. The van der Waals surface area contributed by atoms with Crippen LogP contribution in [-0.2, 0) is 36.9 Å². The molecule has 0 saturated heterocycles. The fourth-order valence-electron chi connectivity index (χ4n) is 4.51. The summed E-state index contributed by atoms with van der Waals surface area (Å²) in [6, 6.07) is 23.1. The first-order valence-corrected chi connectivity index (χ1v) is 15.8. The standard InChI is InChI=1S/C36H42N2O9/c1-2-7-34-33(6-1)44-21-17-39-13-14-41-19-23-46-35-11-9-29(25-36(35)47-24-20-42-16-15-40-18-22-45-34)27-43-28-30-8-10-32(38-26-30)31-5-3-4-12-37-31/h1-12,25-26H,13-24,27-28H2. The Labute approximate surface area is 275 Å². The van der Waals surface area contributed by atoms with Crippen molar-refractivity contribution in [1.82, 2.24) is 9.97 Å². The van der Waals surface area contributed by atoms with Crippen molar-refractivity contribution in [3.05, 3.63) is 96.3 Å². The molecule has 0 N–H and O–H groups in total. The van der Waals surface area contributed by atoms with E-state index in [1.165, 1.54) is 0 Å². The zero-order valence-corrected chi connectivity index (χ0v) is 26.6. The second kappa shape index (κ2) is 20.1. The van der Waals surface area contributed by atoms with Crippen LogP contribution < -0.4 is 18.9 Å². The van der Waals surface area contributed by atoms with Crippen LogP contribution in [0.1, 0.15) is 11.1 Å². The summed E-state index contributed by atoms with van der Waals surface area (Å²) in [5.74, 6) is 2.57. The number of ether oxygens (including phenoxy) is 9. The fourth-order valence-corrected chi connectivity index (χ4v) is 4.51. The van der Waals surface area contributed by atoms with E-state index in [-0.39, 0.29) is 0 Å². The zero-order valence-electron chi connectivity index (χ0n) is 26.6. The minimum absolute atomic E-state index is 0.350. The average Bonchev–Trinajstić information content (AvgIpc) is 3.11. The number of aromatic nitrogens is 2. The molecule has 0 saturated carbocycles. The first-order valence-electron chi connectivity index (χ1n) is 15.8. The smallest absolute Gasteiger partial charge is 0.161 e. The summed E-state index contributed by atoms with van der Waals surface area (Å²) in [6.07, 6.45) is 3.57. The molecule has 3 heterocycles. The highest BCUT2D eigenvalue weighted by atomic mass is 16.6. The lowest BCUT2D eigenvalue weighted by Gasteiger charge is -2.15. The van der Waals surface area contributed by atoms with E-state index in [9.17, 15) is 0 Å². The molecule has 2 aromatic heterocycles. The zero-order chi connectivity index (χ0) is 32.2. The molecule has 47 heavy (non-hydrogen) atoms. The monoisotopic (exact) mass is 646 g/mol. The van der Waals surface area contributed by atoms with E-state index in [1.54, 1.807) is 6.20 Å². The molecule has 250 valence electrons. The van der Waals surface area contributed by atoms with E-state index in [0.717, 1.165) is 22.5 Å². The van der Waals surface area contributed by atoms with Gasteiger partial charge in [0.2, 0.25) is 0 Å². The quantitative estimate of drug-likeness (QED) is 0.287. The maximum atomic E-state index is 6.06. The van der Waals surface area contributed by atoms with Gasteiger partial charge in [0.25, 0.3) is 0 Å². The normalized spacial score (nSPS) is 16.1. The molecular formula is C36H42N2O9. The molecule has 2 aromatic carbocycles. The van der Waals surface area contributed by atoms with E-state index in [0.29, 0.717) is 115 Å². The summed E-state index contributed by atoms with van der Waals surface area (Å²) in [6.45, 7) is 5.79. The molecule has 0 aliphatic carbocycles. The van der Waals surface area contributed by atoms with Crippen molar-refractivity contribution in [1.29, 1.82) is 0 Å². The Kier molecular flexibility index (Phi) is 14.6. The number of hydrogen-bond donors (Lipinski definition) is 0.